The number of carbonyl (C=O) groups excluding carboxylic acids is 1. The highest BCUT2D eigenvalue weighted by Gasteiger charge is 2.15. The Kier molecular flexibility index (Phi) is 7.50. The Morgan fingerprint density at radius 3 is 2.16 bits per heavy atom. The second-order valence-electron chi connectivity index (χ2n) is 6.26. The standard InChI is InChI=1S/C22H23N3O6S/c1-27-14-7-8-16(28-2)15(12-14)21-24-25-22(32-21)23-19(26)9-6-13-10-17(29-3)20(31-5)18(11-13)30-4/h6-12H,1-5H3,(H,23,25,26)/b9-6+. The molecule has 0 saturated heterocycles. The maximum Gasteiger partial charge on any atom is 0.250 e. The maximum absolute atomic E-state index is 12.4. The van der Waals surface area contributed by atoms with Crippen LogP contribution in [0.15, 0.2) is 36.4 Å². The molecule has 3 aromatic rings. The van der Waals surface area contributed by atoms with Crippen LogP contribution in [0.25, 0.3) is 16.6 Å². The van der Waals surface area contributed by atoms with Gasteiger partial charge in [-0.2, -0.15) is 0 Å². The van der Waals surface area contributed by atoms with E-state index >= 15 is 0 Å². The van der Waals surface area contributed by atoms with Crippen LogP contribution < -0.4 is 29.0 Å². The molecule has 0 saturated carbocycles. The molecule has 1 N–H and O–H groups in total. The van der Waals surface area contributed by atoms with Crippen molar-refractivity contribution in [2.45, 2.75) is 0 Å². The van der Waals surface area contributed by atoms with Gasteiger partial charge in [-0.3, -0.25) is 10.1 Å². The number of methoxy groups -OCH3 is 5. The van der Waals surface area contributed by atoms with Crippen LogP contribution in [0, 0.1) is 0 Å². The van der Waals surface area contributed by atoms with Crippen LogP contribution in [0.1, 0.15) is 5.56 Å². The number of carbonyl (C=O) groups is 1. The van der Waals surface area contributed by atoms with Gasteiger partial charge in [0, 0.05) is 6.08 Å². The van der Waals surface area contributed by atoms with Crippen molar-refractivity contribution >= 4 is 28.5 Å². The van der Waals surface area contributed by atoms with E-state index in [0.29, 0.717) is 44.5 Å². The van der Waals surface area contributed by atoms with E-state index in [2.05, 4.69) is 15.5 Å². The van der Waals surface area contributed by atoms with Crippen LogP contribution in [0.4, 0.5) is 5.13 Å². The lowest BCUT2D eigenvalue weighted by atomic mass is 10.1. The molecule has 32 heavy (non-hydrogen) atoms. The molecule has 0 spiro atoms. The summed E-state index contributed by atoms with van der Waals surface area (Å²) in [6.07, 6.45) is 3.01. The Morgan fingerprint density at radius 2 is 1.56 bits per heavy atom. The van der Waals surface area contributed by atoms with Crippen LogP contribution in [-0.2, 0) is 4.79 Å². The molecule has 2 aromatic carbocycles. The number of anilines is 1. The van der Waals surface area contributed by atoms with Crippen molar-refractivity contribution in [3.05, 3.63) is 42.0 Å². The summed E-state index contributed by atoms with van der Waals surface area (Å²) < 4.78 is 26.6. The second-order valence-corrected chi connectivity index (χ2v) is 7.24. The van der Waals surface area contributed by atoms with E-state index in [1.807, 2.05) is 0 Å². The molecule has 1 aromatic heterocycles. The minimum atomic E-state index is -0.362. The predicted octanol–water partition coefficient (Wildman–Crippen LogP) is 3.90. The number of nitrogens with zero attached hydrogens (tertiary/aromatic N) is 2. The first-order valence-corrected chi connectivity index (χ1v) is 10.2. The van der Waals surface area contributed by atoms with Gasteiger partial charge in [-0.15, -0.1) is 10.2 Å². The molecular weight excluding hydrogens is 434 g/mol. The van der Waals surface area contributed by atoms with E-state index in [1.54, 1.807) is 50.6 Å². The predicted molar refractivity (Wildman–Crippen MR) is 122 cm³/mol. The molecule has 0 fully saturated rings. The molecule has 0 unspecified atom stereocenters. The van der Waals surface area contributed by atoms with Gasteiger partial charge in [0.1, 0.15) is 11.5 Å². The Balaban J connectivity index is 1.76. The summed E-state index contributed by atoms with van der Waals surface area (Å²) >= 11 is 1.22. The third-order valence-corrected chi connectivity index (χ3v) is 5.28. The fraction of sp³-hybridized carbons (Fsp3) is 0.227. The van der Waals surface area contributed by atoms with E-state index in [-0.39, 0.29) is 5.91 Å². The number of benzene rings is 2. The molecule has 0 bridgehead atoms. The monoisotopic (exact) mass is 457 g/mol. The van der Waals surface area contributed by atoms with Crippen molar-refractivity contribution in [3.63, 3.8) is 0 Å². The number of nitrogens with one attached hydrogen (secondary N) is 1. The van der Waals surface area contributed by atoms with Gasteiger partial charge in [0.2, 0.25) is 16.8 Å². The molecule has 0 aliphatic rings. The second kappa shape index (κ2) is 10.5. The summed E-state index contributed by atoms with van der Waals surface area (Å²) in [5, 5.41) is 11.8. The van der Waals surface area contributed by atoms with E-state index in [9.17, 15) is 4.79 Å². The zero-order valence-corrected chi connectivity index (χ0v) is 19.1. The first-order chi connectivity index (χ1) is 15.5. The summed E-state index contributed by atoms with van der Waals surface area (Å²) in [6.45, 7) is 0. The smallest absolute Gasteiger partial charge is 0.250 e. The van der Waals surface area contributed by atoms with E-state index < -0.39 is 0 Å². The summed E-state index contributed by atoms with van der Waals surface area (Å²) in [4.78, 5) is 12.4. The lowest BCUT2D eigenvalue weighted by molar-refractivity contribution is -0.111. The summed E-state index contributed by atoms with van der Waals surface area (Å²) in [5.41, 5.74) is 1.42. The number of hydrogen-bond acceptors (Lipinski definition) is 9. The van der Waals surface area contributed by atoms with Gasteiger partial charge >= 0.3 is 0 Å². The summed E-state index contributed by atoms with van der Waals surface area (Å²) in [7, 11) is 7.74. The van der Waals surface area contributed by atoms with Crippen molar-refractivity contribution < 1.29 is 28.5 Å². The molecule has 168 valence electrons. The highest BCUT2D eigenvalue weighted by molar-refractivity contribution is 7.18. The minimum Gasteiger partial charge on any atom is -0.497 e. The highest BCUT2D eigenvalue weighted by atomic mass is 32.1. The Labute approximate surface area is 189 Å². The first-order valence-electron chi connectivity index (χ1n) is 9.37. The van der Waals surface area contributed by atoms with Gasteiger partial charge in [-0.05, 0) is 42.0 Å². The zero-order chi connectivity index (χ0) is 23.1. The van der Waals surface area contributed by atoms with Crippen molar-refractivity contribution in [2.75, 3.05) is 40.9 Å². The number of ether oxygens (including phenoxy) is 5. The molecule has 0 aliphatic heterocycles. The van der Waals surface area contributed by atoms with E-state index in [1.165, 1.54) is 38.7 Å². The van der Waals surface area contributed by atoms with Gasteiger partial charge in [-0.1, -0.05) is 11.3 Å². The average molecular weight is 458 g/mol. The van der Waals surface area contributed by atoms with Crippen molar-refractivity contribution in [1.29, 1.82) is 0 Å². The van der Waals surface area contributed by atoms with Crippen LogP contribution in [0.5, 0.6) is 28.7 Å². The molecule has 9 nitrogen and oxygen atoms in total. The Bertz CT molecular complexity index is 1100. The molecule has 0 atom stereocenters. The van der Waals surface area contributed by atoms with Crippen molar-refractivity contribution in [1.82, 2.24) is 10.2 Å². The van der Waals surface area contributed by atoms with Crippen LogP contribution in [0.3, 0.4) is 0 Å². The lowest BCUT2D eigenvalue weighted by Crippen LogP contribution is -2.07. The van der Waals surface area contributed by atoms with Crippen LogP contribution >= 0.6 is 11.3 Å². The third-order valence-electron chi connectivity index (χ3n) is 4.41. The molecule has 0 radical (unpaired) electrons. The molecule has 3 rings (SSSR count). The van der Waals surface area contributed by atoms with Crippen molar-refractivity contribution in [2.24, 2.45) is 0 Å². The van der Waals surface area contributed by atoms with Gasteiger partial charge in [0.05, 0.1) is 41.1 Å². The Morgan fingerprint density at radius 1 is 0.875 bits per heavy atom. The topological polar surface area (TPSA) is 101 Å². The number of aromatic nitrogens is 2. The van der Waals surface area contributed by atoms with Crippen LogP contribution in [0.2, 0.25) is 0 Å². The maximum atomic E-state index is 12.4. The summed E-state index contributed by atoms with van der Waals surface area (Å²) in [5.74, 6) is 2.39. The molecule has 0 aliphatic carbocycles. The third kappa shape index (κ3) is 5.09. The molecule has 10 heteroatoms. The number of amides is 1. The largest absolute Gasteiger partial charge is 0.497 e. The lowest BCUT2D eigenvalue weighted by Gasteiger charge is -2.12. The fourth-order valence-electron chi connectivity index (χ4n) is 2.88. The molecule has 1 heterocycles. The highest BCUT2D eigenvalue weighted by Crippen LogP contribution is 2.39. The number of rotatable bonds is 9. The van der Waals surface area contributed by atoms with Crippen LogP contribution in [-0.4, -0.2) is 51.7 Å². The van der Waals surface area contributed by atoms with Gasteiger partial charge < -0.3 is 23.7 Å². The van der Waals surface area contributed by atoms with Gasteiger partial charge in [0.15, 0.2) is 16.5 Å². The van der Waals surface area contributed by atoms with Crippen molar-refractivity contribution in [3.8, 4) is 39.3 Å². The first kappa shape index (κ1) is 22.9. The Hall–Kier alpha value is -3.79. The zero-order valence-electron chi connectivity index (χ0n) is 18.3. The average Bonchev–Trinajstić information content (AvgIpc) is 3.29. The summed E-state index contributed by atoms with van der Waals surface area (Å²) in [6, 6.07) is 8.86. The fourth-order valence-corrected chi connectivity index (χ4v) is 3.65. The van der Waals surface area contributed by atoms with Gasteiger partial charge in [-0.25, -0.2) is 0 Å². The normalized spacial score (nSPS) is 10.7. The van der Waals surface area contributed by atoms with Gasteiger partial charge in [0.25, 0.3) is 0 Å². The molecular formula is C22H23N3O6S. The van der Waals surface area contributed by atoms with E-state index in [4.69, 9.17) is 23.7 Å². The number of hydrogen-bond donors (Lipinski definition) is 1. The SMILES string of the molecule is COc1ccc(OC)c(-c2nnc(NC(=O)/C=C/c3cc(OC)c(OC)c(OC)c3)s2)c1. The quantitative estimate of drug-likeness (QED) is 0.483. The minimum absolute atomic E-state index is 0.351. The van der Waals surface area contributed by atoms with E-state index in [0.717, 1.165) is 5.56 Å². The molecule has 1 amide bonds.